The van der Waals surface area contributed by atoms with Crippen molar-refractivity contribution in [2.75, 3.05) is 14.2 Å². The smallest absolute Gasteiger partial charge is 0.354 e. The molecular weight excluding hydrogens is 549 g/mol. The van der Waals surface area contributed by atoms with E-state index in [9.17, 15) is 9.59 Å². The van der Waals surface area contributed by atoms with Crippen molar-refractivity contribution < 1.29 is 19.1 Å². The highest BCUT2D eigenvalue weighted by atomic mass is 35.5. The highest BCUT2D eigenvalue weighted by Crippen LogP contribution is 2.41. The predicted octanol–water partition coefficient (Wildman–Crippen LogP) is 5.26. The summed E-state index contributed by atoms with van der Waals surface area (Å²) in [6, 6.07) is 7.43. The average molecular weight is 579 g/mol. The minimum absolute atomic E-state index is 0.106. The van der Waals surface area contributed by atoms with Crippen LogP contribution >= 0.6 is 35.0 Å². The first-order chi connectivity index (χ1) is 18.2. The highest BCUT2D eigenvalue weighted by Gasteiger charge is 2.25. The lowest BCUT2D eigenvalue weighted by molar-refractivity contribution is -0.140. The minimum atomic E-state index is -0.501. The van der Waals surface area contributed by atoms with Crippen LogP contribution in [0.25, 0.3) is 22.0 Å². The second-order valence-corrected chi connectivity index (χ2v) is 10.4. The van der Waals surface area contributed by atoms with Gasteiger partial charge in [-0.2, -0.15) is 10.2 Å². The van der Waals surface area contributed by atoms with Gasteiger partial charge in [0.25, 0.3) is 0 Å². The van der Waals surface area contributed by atoms with Crippen molar-refractivity contribution in [3.05, 3.63) is 57.8 Å². The third-order valence-electron chi connectivity index (χ3n) is 6.51. The van der Waals surface area contributed by atoms with Crippen LogP contribution in [0.3, 0.4) is 0 Å². The minimum Gasteiger partial charge on any atom is -0.469 e. The fourth-order valence-corrected chi connectivity index (χ4v) is 5.86. The highest BCUT2D eigenvalue weighted by molar-refractivity contribution is 7.97. The molecule has 4 aromatic rings. The lowest BCUT2D eigenvalue weighted by atomic mass is 9.99. The summed E-state index contributed by atoms with van der Waals surface area (Å²) in [7, 11) is 6.45. The summed E-state index contributed by atoms with van der Waals surface area (Å²) in [6.45, 7) is 2.25. The first kappa shape index (κ1) is 28.1. The number of esters is 2. The molecule has 0 aliphatic heterocycles. The molecule has 0 aliphatic rings. The molecule has 12 heteroatoms. The number of carbonyl (C=O) groups excluding carboxylic acids is 2. The lowest BCUT2D eigenvalue weighted by Crippen LogP contribution is -2.13. The van der Waals surface area contributed by atoms with Gasteiger partial charge in [-0.1, -0.05) is 11.6 Å². The number of hydrogen-bond donors (Lipinski definition) is 0. The summed E-state index contributed by atoms with van der Waals surface area (Å²) in [5.74, 6) is 0.869. The molecule has 9 nitrogen and oxygen atoms in total. The summed E-state index contributed by atoms with van der Waals surface area (Å²) in [4.78, 5) is 24.6. The monoisotopic (exact) mass is 577 g/mol. The van der Waals surface area contributed by atoms with Crippen molar-refractivity contribution in [1.82, 2.24) is 24.1 Å². The van der Waals surface area contributed by atoms with Crippen molar-refractivity contribution in [3.8, 4) is 11.1 Å². The van der Waals surface area contributed by atoms with Gasteiger partial charge in [0.1, 0.15) is 5.69 Å². The fraction of sp³-hybridized carbons (Fsp3) is 0.385. The maximum Gasteiger partial charge on any atom is 0.354 e. The Hall–Kier alpha value is -2.95. The van der Waals surface area contributed by atoms with Crippen LogP contribution in [0.1, 0.15) is 39.7 Å². The Bertz CT molecular complexity index is 1510. The number of halogens is 2. The Labute approximate surface area is 235 Å². The van der Waals surface area contributed by atoms with E-state index in [2.05, 4.69) is 5.10 Å². The molecule has 202 valence electrons. The molecule has 0 radical (unpaired) electrons. The summed E-state index contributed by atoms with van der Waals surface area (Å²) >= 11 is 14.5. The molecule has 0 amide bonds. The number of aromatic nitrogens is 5. The molecule has 4 rings (SSSR count). The largest absolute Gasteiger partial charge is 0.469 e. The number of thioether (sulfide) groups is 1. The second-order valence-electron chi connectivity index (χ2n) is 8.76. The van der Waals surface area contributed by atoms with E-state index >= 15 is 0 Å². The number of hydrogen-bond acceptors (Lipinski definition) is 7. The molecule has 0 atom stereocenters. The Kier molecular flexibility index (Phi) is 8.74. The van der Waals surface area contributed by atoms with Crippen LogP contribution in [-0.4, -0.2) is 50.3 Å². The van der Waals surface area contributed by atoms with Gasteiger partial charge in [0.15, 0.2) is 0 Å². The van der Waals surface area contributed by atoms with E-state index in [1.54, 1.807) is 33.1 Å². The van der Waals surface area contributed by atoms with E-state index in [4.69, 9.17) is 37.8 Å². The van der Waals surface area contributed by atoms with Crippen LogP contribution in [0.4, 0.5) is 0 Å². The van der Waals surface area contributed by atoms with Crippen LogP contribution in [0.2, 0.25) is 5.02 Å². The first-order valence-electron chi connectivity index (χ1n) is 11.8. The Morgan fingerprint density at radius 1 is 1.03 bits per heavy atom. The number of nitrogens with zero attached hydrogens (tertiary/aromatic N) is 5. The van der Waals surface area contributed by atoms with Crippen LogP contribution in [0.15, 0.2) is 24.3 Å². The molecule has 1 aromatic carbocycles. The van der Waals surface area contributed by atoms with Gasteiger partial charge in [0.05, 0.1) is 43.6 Å². The molecule has 0 bridgehead atoms. The number of ether oxygens (including phenoxy) is 2. The first-order valence-corrected chi connectivity index (χ1v) is 13.9. The number of rotatable bonds is 10. The van der Waals surface area contributed by atoms with E-state index in [1.807, 2.05) is 37.8 Å². The van der Waals surface area contributed by atoms with Crippen LogP contribution in [0.5, 0.6) is 0 Å². The number of fused-ring (bicyclic) bond motifs is 1. The van der Waals surface area contributed by atoms with Crippen LogP contribution in [0, 0.1) is 6.92 Å². The maximum atomic E-state index is 12.7. The van der Waals surface area contributed by atoms with E-state index in [0.717, 1.165) is 44.8 Å². The number of methoxy groups -OCH3 is 2. The SMILES string of the molecule is COC(=O)CCn1c(C(=O)OC)cc2c(-c3c(CSCc4cc(CCl)n(C)n4)nn(C)c3C)c(Cl)ccc21. The van der Waals surface area contributed by atoms with Crippen molar-refractivity contribution in [3.63, 3.8) is 0 Å². The lowest BCUT2D eigenvalue weighted by Gasteiger charge is -2.11. The van der Waals surface area contributed by atoms with Crippen molar-refractivity contribution in [1.29, 1.82) is 0 Å². The van der Waals surface area contributed by atoms with Gasteiger partial charge in [-0.15, -0.1) is 23.4 Å². The van der Waals surface area contributed by atoms with Gasteiger partial charge in [-0.05, 0) is 31.2 Å². The molecule has 0 aliphatic carbocycles. The molecule has 0 saturated carbocycles. The summed E-state index contributed by atoms with van der Waals surface area (Å²) < 4.78 is 15.2. The van der Waals surface area contributed by atoms with Gasteiger partial charge in [0, 0.05) is 64.9 Å². The Morgan fingerprint density at radius 3 is 2.45 bits per heavy atom. The molecule has 0 unspecified atom stereocenters. The normalized spacial score (nSPS) is 11.3. The quantitative estimate of drug-likeness (QED) is 0.187. The third-order valence-corrected chi connectivity index (χ3v) is 8.07. The second kappa shape index (κ2) is 11.8. The Morgan fingerprint density at radius 2 is 1.79 bits per heavy atom. The zero-order valence-electron chi connectivity index (χ0n) is 21.9. The van der Waals surface area contributed by atoms with Gasteiger partial charge >= 0.3 is 11.9 Å². The van der Waals surface area contributed by atoms with Crippen LogP contribution in [-0.2, 0) is 52.3 Å². The van der Waals surface area contributed by atoms with Gasteiger partial charge in [-0.3, -0.25) is 14.2 Å². The van der Waals surface area contributed by atoms with Crippen molar-refractivity contribution in [2.24, 2.45) is 14.1 Å². The molecule has 0 fully saturated rings. The standard InChI is InChI=1S/C26H29Cl2N5O4S/c1-15-24(20(30-31(15)2)14-38-13-16-10-17(12-27)32(3)29-16)25-18-11-22(26(35)37-5)33(9-8-23(34)36-4)21(18)7-6-19(25)28/h6-7,10-11H,8-9,12-14H2,1-5H3. The van der Waals surface area contributed by atoms with Crippen molar-refractivity contribution >= 4 is 57.8 Å². The topological polar surface area (TPSA) is 93.2 Å². The number of aryl methyl sites for hydroxylation is 3. The maximum absolute atomic E-state index is 12.7. The zero-order chi connectivity index (χ0) is 27.6. The predicted molar refractivity (Wildman–Crippen MR) is 150 cm³/mol. The van der Waals surface area contributed by atoms with Gasteiger partial charge < -0.3 is 14.0 Å². The van der Waals surface area contributed by atoms with Crippen molar-refractivity contribution in [2.45, 2.75) is 37.3 Å². The molecule has 3 aromatic heterocycles. The summed E-state index contributed by atoms with van der Waals surface area (Å²) in [5.41, 5.74) is 6.53. The van der Waals surface area contributed by atoms with Crippen LogP contribution < -0.4 is 0 Å². The number of alkyl halides is 1. The van der Waals surface area contributed by atoms with E-state index in [1.165, 1.54) is 14.2 Å². The number of carbonyl (C=O) groups is 2. The number of benzene rings is 1. The average Bonchev–Trinajstić information content (AvgIpc) is 3.55. The van der Waals surface area contributed by atoms with Gasteiger partial charge in [-0.25, -0.2) is 4.79 Å². The molecule has 38 heavy (non-hydrogen) atoms. The molecule has 0 N–H and O–H groups in total. The summed E-state index contributed by atoms with van der Waals surface area (Å²) in [6.07, 6.45) is 0.106. The molecule has 3 heterocycles. The summed E-state index contributed by atoms with van der Waals surface area (Å²) in [5, 5.41) is 10.6. The van der Waals surface area contributed by atoms with Gasteiger partial charge in [0.2, 0.25) is 0 Å². The van der Waals surface area contributed by atoms with E-state index in [0.29, 0.717) is 28.1 Å². The van der Waals surface area contributed by atoms with E-state index < -0.39 is 5.97 Å². The van der Waals surface area contributed by atoms with E-state index in [-0.39, 0.29) is 18.9 Å². The molecule has 0 spiro atoms. The fourth-order valence-electron chi connectivity index (χ4n) is 4.50. The zero-order valence-corrected chi connectivity index (χ0v) is 24.2. The Balaban J connectivity index is 1.76. The third kappa shape index (κ3) is 5.43. The molecular formula is C26H29Cl2N5O4S. The molecule has 0 saturated heterocycles.